The van der Waals surface area contributed by atoms with Gasteiger partial charge in [0, 0.05) is 6.61 Å². The van der Waals surface area contributed by atoms with Crippen LogP contribution in [0.3, 0.4) is 0 Å². The first-order valence-corrected chi connectivity index (χ1v) is 6.68. The Hall–Kier alpha value is -0.0800. The third-order valence-electron chi connectivity index (χ3n) is 5.65. The zero-order valence-corrected chi connectivity index (χ0v) is 11.1. The summed E-state index contributed by atoms with van der Waals surface area (Å²) in [4.78, 5) is 0. The van der Waals surface area contributed by atoms with Gasteiger partial charge in [0.2, 0.25) is 0 Å². The molecule has 2 nitrogen and oxygen atoms in total. The lowest BCUT2D eigenvalue weighted by molar-refractivity contribution is -0.0853. The molecule has 4 unspecified atom stereocenters. The maximum absolute atomic E-state index is 8.93. The highest BCUT2D eigenvalue weighted by molar-refractivity contribution is 5.11. The van der Waals surface area contributed by atoms with Crippen molar-refractivity contribution >= 4 is 0 Å². The maximum atomic E-state index is 8.93. The van der Waals surface area contributed by atoms with Crippen molar-refractivity contribution in [3.63, 3.8) is 0 Å². The van der Waals surface area contributed by atoms with Gasteiger partial charge in [0.25, 0.3) is 0 Å². The van der Waals surface area contributed by atoms with Crippen molar-refractivity contribution in [1.29, 1.82) is 0 Å². The molecular formula is C14H26O2. The highest BCUT2D eigenvalue weighted by atomic mass is 16.5. The fourth-order valence-electron chi connectivity index (χ4n) is 3.87. The normalized spacial score (nSPS) is 42.6. The molecule has 0 aromatic carbocycles. The van der Waals surface area contributed by atoms with E-state index in [1.165, 1.54) is 19.3 Å². The third kappa shape index (κ3) is 1.62. The number of ether oxygens (including phenoxy) is 1. The Morgan fingerprint density at radius 3 is 2.50 bits per heavy atom. The van der Waals surface area contributed by atoms with Crippen LogP contribution in [-0.2, 0) is 4.74 Å². The van der Waals surface area contributed by atoms with E-state index in [9.17, 15) is 0 Å². The summed E-state index contributed by atoms with van der Waals surface area (Å²) in [6, 6.07) is 0. The molecule has 2 aliphatic carbocycles. The third-order valence-corrected chi connectivity index (χ3v) is 5.65. The molecule has 0 amide bonds. The van der Waals surface area contributed by atoms with Crippen LogP contribution in [0.5, 0.6) is 0 Å². The summed E-state index contributed by atoms with van der Waals surface area (Å²) in [7, 11) is 0. The molecule has 0 heterocycles. The van der Waals surface area contributed by atoms with Crippen molar-refractivity contribution in [2.24, 2.45) is 16.7 Å². The van der Waals surface area contributed by atoms with E-state index in [0.29, 0.717) is 16.9 Å². The van der Waals surface area contributed by atoms with Crippen molar-refractivity contribution in [1.82, 2.24) is 0 Å². The number of aliphatic hydroxyl groups is 1. The molecule has 4 atom stereocenters. The lowest BCUT2D eigenvalue weighted by Gasteiger charge is -2.40. The average molecular weight is 226 g/mol. The molecule has 16 heavy (non-hydrogen) atoms. The Labute approximate surface area is 99.4 Å². The summed E-state index contributed by atoms with van der Waals surface area (Å²) >= 11 is 0. The Kier molecular flexibility index (Phi) is 3.09. The van der Waals surface area contributed by atoms with E-state index >= 15 is 0 Å². The number of hydrogen-bond donors (Lipinski definition) is 1. The van der Waals surface area contributed by atoms with Crippen molar-refractivity contribution in [3.05, 3.63) is 0 Å². The number of fused-ring (bicyclic) bond motifs is 2. The first-order chi connectivity index (χ1) is 7.41. The second kappa shape index (κ2) is 3.99. The van der Waals surface area contributed by atoms with E-state index in [0.717, 1.165) is 12.3 Å². The zero-order valence-electron chi connectivity index (χ0n) is 11.1. The Morgan fingerprint density at radius 1 is 1.38 bits per heavy atom. The van der Waals surface area contributed by atoms with E-state index < -0.39 is 0 Å². The van der Waals surface area contributed by atoms with Gasteiger partial charge in [-0.1, -0.05) is 20.8 Å². The second-order valence-corrected chi connectivity index (χ2v) is 6.56. The van der Waals surface area contributed by atoms with Crippen molar-refractivity contribution in [2.75, 3.05) is 6.61 Å². The number of hydrogen-bond acceptors (Lipinski definition) is 2. The quantitative estimate of drug-likeness (QED) is 0.798. The minimum absolute atomic E-state index is 0.196. The van der Waals surface area contributed by atoms with Crippen LogP contribution in [0.15, 0.2) is 0 Å². The average Bonchev–Trinajstić information content (AvgIpc) is 2.51. The van der Waals surface area contributed by atoms with Crippen LogP contribution in [0.25, 0.3) is 0 Å². The predicted molar refractivity (Wildman–Crippen MR) is 65.3 cm³/mol. The Morgan fingerprint density at radius 2 is 2.06 bits per heavy atom. The summed E-state index contributed by atoms with van der Waals surface area (Å²) in [6.07, 6.45) is 5.26. The van der Waals surface area contributed by atoms with Gasteiger partial charge in [0.1, 0.15) is 0 Å². The maximum Gasteiger partial charge on any atom is 0.0640 e. The van der Waals surface area contributed by atoms with Crippen molar-refractivity contribution in [3.8, 4) is 0 Å². The summed E-state index contributed by atoms with van der Waals surface area (Å²) in [5.41, 5.74) is 0.776. The molecule has 0 aromatic rings. The highest BCUT2D eigenvalue weighted by Crippen LogP contribution is 2.66. The van der Waals surface area contributed by atoms with E-state index in [-0.39, 0.29) is 12.7 Å². The van der Waals surface area contributed by atoms with E-state index in [4.69, 9.17) is 9.84 Å². The molecule has 94 valence electrons. The molecule has 1 N–H and O–H groups in total. The second-order valence-electron chi connectivity index (χ2n) is 6.56. The van der Waals surface area contributed by atoms with Crippen LogP contribution >= 0.6 is 0 Å². The molecule has 0 radical (unpaired) electrons. The van der Waals surface area contributed by atoms with E-state index in [1.54, 1.807) is 0 Å². The molecule has 2 fully saturated rings. The lowest BCUT2D eigenvalue weighted by Crippen LogP contribution is -2.38. The van der Waals surface area contributed by atoms with Crippen molar-refractivity contribution < 1.29 is 9.84 Å². The lowest BCUT2D eigenvalue weighted by atomic mass is 9.70. The minimum atomic E-state index is 0.196. The number of aliphatic hydroxyl groups excluding tert-OH is 1. The fourth-order valence-corrected chi connectivity index (χ4v) is 3.87. The largest absolute Gasteiger partial charge is 0.396 e. The van der Waals surface area contributed by atoms with Crippen LogP contribution < -0.4 is 0 Å². The molecule has 0 saturated heterocycles. The molecule has 2 heteroatoms. The molecule has 0 aromatic heterocycles. The van der Waals surface area contributed by atoms with Gasteiger partial charge in [-0.2, -0.15) is 0 Å². The summed E-state index contributed by atoms with van der Waals surface area (Å²) in [6.45, 7) is 9.53. The van der Waals surface area contributed by atoms with Gasteiger partial charge in [-0.25, -0.2) is 0 Å². The van der Waals surface area contributed by atoms with Crippen LogP contribution in [0.1, 0.15) is 53.4 Å². The zero-order chi connectivity index (χ0) is 12.0. The summed E-state index contributed by atoms with van der Waals surface area (Å²) in [5.74, 6) is 0.837. The standard InChI is InChI=1S/C14H26O2/c1-10(6-8-15)16-12-9-11-5-7-14(12,4)13(11,2)3/h10-12,15H,5-9H2,1-4H3. The van der Waals surface area contributed by atoms with Gasteiger partial charge in [0.15, 0.2) is 0 Å². The molecule has 2 aliphatic rings. The Bertz CT molecular complexity index is 261. The van der Waals surface area contributed by atoms with Crippen LogP contribution in [-0.4, -0.2) is 23.9 Å². The summed E-state index contributed by atoms with van der Waals surface area (Å²) in [5, 5.41) is 8.93. The smallest absolute Gasteiger partial charge is 0.0640 e. The van der Waals surface area contributed by atoms with Crippen LogP contribution in [0, 0.1) is 16.7 Å². The highest BCUT2D eigenvalue weighted by Gasteiger charge is 2.62. The molecule has 2 saturated carbocycles. The van der Waals surface area contributed by atoms with Gasteiger partial charge < -0.3 is 9.84 Å². The van der Waals surface area contributed by atoms with E-state index in [1.807, 2.05) is 0 Å². The van der Waals surface area contributed by atoms with Gasteiger partial charge in [-0.3, -0.25) is 0 Å². The first kappa shape index (κ1) is 12.4. The van der Waals surface area contributed by atoms with Crippen LogP contribution in [0.2, 0.25) is 0 Å². The minimum Gasteiger partial charge on any atom is -0.396 e. The molecule has 2 rings (SSSR count). The Balaban J connectivity index is 2.04. The molecule has 0 aliphatic heterocycles. The summed E-state index contributed by atoms with van der Waals surface area (Å²) < 4.78 is 6.16. The van der Waals surface area contributed by atoms with Gasteiger partial charge >= 0.3 is 0 Å². The topological polar surface area (TPSA) is 29.5 Å². The van der Waals surface area contributed by atoms with Crippen molar-refractivity contribution in [2.45, 2.75) is 65.6 Å². The molecular weight excluding hydrogens is 200 g/mol. The fraction of sp³-hybridized carbons (Fsp3) is 1.00. The SMILES string of the molecule is CC(CCO)OC1CC2CCC1(C)C2(C)C. The van der Waals surface area contributed by atoms with E-state index in [2.05, 4.69) is 27.7 Å². The van der Waals surface area contributed by atoms with Gasteiger partial charge in [-0.15, -0.1) is 0 Å². The van der Waals surface area contributed by atoms with Gasteiger partial charge in [-0.05, 0) is 49.4 Å². The number of rotatable bonds is 4. The molecule has 2 bridgehead atoms. The molecule has 0 spiro atoms. The monoisotopic (exact) mass is 226 g/mol. The van der Waals surface area contributed by atoms with Gasteiger partial charge in [0.05, 0.1) is 12.2 Å². The first-order valence-electron chi connectivity index (χ1n) is 6.68. The van der Waals surface area contributed by atoms with Crippen LogP contribution in [0.4, 0.5) is 0 Å². The predicted octanol–water partition coefficient (Wildman–Crippen LogP) is 2.99.